The van der Waals surface area contributed by atoms with Crippen LogP contribution < -0.4 is 0 Å². The summed E-state index contributed by atoms with van der Waals surface area (Å²) >= 11 is 0. The van der Waals surface area contributed by atoms with Crippen molar-refractivity contribution >= 4 is 36.0 Å². The Hall–Kier alpha value is 0.780. The predicted octanol–water partition coefficient (Wildman–Crippen LogP) is -0.0966. The van der Waals surface area contributed by atoms with Crippen LogP contribution in [0.5, 0.6) is 0 Å². The first-order valence-electron chi connectivity index (χ1n) is 2.01. The van der Waals surface area contributed by atoms with Crippen LogP contribution in [0.4, 0.5) is 0 Å². The van der Waals surface area contributed by atoms with E-state index in [0.29, 0.717) is 6.42 Å². The predicted molar refractivity (Wildman–Crippen MR) is 32.5 cm³/mol. The minimum Gasteiger partial charge on any atom is -0.286 e. The van der Waals surface area contributed by atoms with Crippen molar-refractivity contribution in [1.82, 2.24) is 0 Å². The molecule has 0 aliphatic heterocycles. The molecule has 0 fully saturated rings. The van der Waals surface area contributed by atoms with Gasteiger partial charge in [-0.05, 0) is 6.42 Å². The molecule has 0 aliphatic rings. The maximum atomic E-state index is 9.79. The van der Waals surface area contributed by atoms with Crippen LogP contribution in [0.25, 0.3) is 0 Å². The Labute approximate surface area is 68.0 Å². The van der Waals surface area contributed by atoms with E-state index in [1.54, 1.807) is 6.92 Å². The summed E-state index contributed by atoms with van der Waals surface area (Å²) < 4.78 is 27.6. The maximum Gasteiger partial charge on any atom is 0.264 e. The van der Waals surface area contributed by atoms with Gasteiger partial charge >= 0.3 is 0 Å². The molecule has 0 saturated heterocycles. The van der Waals surface area contributed by atoms with E-state index >= 15 is 0 Å². The molecule has 0 rings (SSSR count). The second kappa shape index (κ2) is 4.64. The smallest absolute Gasteiger partial charge is 0.264 e. The quantitative estimate of drug-likeness (QED) is 0.684. The van der Waals surface area contributed by atoms with Crippen LogP contribution in [0.1, 0.15) is 13.3 Å². The summed E-state index contributed by atoms with van der Waals surface area (Å²) in [5.41, 5.74) is 0. The zero-order chi connectivity index (χ0) is 5.91. The van der Waals surface area contributed by atoms with E-state index in [1.807, 2.05) is 0 Å². The third-order valence-corrected chi connectivity index (χ3v) is 1.39. The first kappa shape index (κ1) is 11.6. The summed E-state index contributed by atoms with van der Waals surface area (Å²) in [6.45, 7) is 1.69. The normalized spacial score (nSPS) is 10.2. The average molecular weight is 239 g/mol. The molecular weight excluding hydrogens is 231 g/mol. The fraction of sp³-hybridized carbons (Fsp3) is 1.00. The molecule has 0 saturated carbocycles. The van der Waals surface area contributed by atoms with Gasteiger partial charge in [-0.15, -0.1) is 0 Å². The molecular formula is C3H8InO3S. The van der Waals surface area contributed by atoms with Crippen molar-refractivity contribution in [3.63, 3.8) is 0 Å². The Kier molecular flexibility index (Phi) is 6.70. The zero-order valence-corrected chi connectivity index (χ0v) is 8.78. The Morgan fingerprint density at radius 3 is 1.88 bits per heavy atom. The topological polar surface area (TPSA) is 54.4 Å². The molecule has 0 amide bonds. The summed E-state index contributed by atoms with van der Waals surface area (Å²) in [6.07, 6.45) is 0.471. The van der Waals surface area contributed by atoms with E-state index in [0.717, 1.165) is 0 Å². The molecule has 47 valence electrons. The largest absolute Gasteiger partial charge is 0.286 e. The van der Waals surface area contributed by atoms with Gasteiger partial charge < -0.3 is 0 Å². The van der Waals surface area contributed by atoms with Gasteiger partial charge in [0.15, 0.2) is 0 Å². The van der Waals surface area contributed by atoms with Gasteiger partial charge in [0.25, 0.3) is 10.1 Å². The summed E-state index contributed by atoms with van der Waals surface area (Å²) in [5, 5.41) is 0. The van der Waals surface area contributed by atoms with Gasteiger partial charge in [0.1, 0.15) is 0 Å². The van der Waals surface area contributed by atoms with Gasteiger partial charge in [-0.1, -0.05) is 6.92 Å². The number of hydrogen-bond acceptors (Lipinski definition) is 2. The van der Waals surface area contributed by atoms with E-state index in [4.69, 9.17) is 4.55 Å². The Bertz CT molecular complexity index is 127. The van der Waals surface area contributed by atoms with E-state index in [1.165, 1.54) is 0 Å². The summed E-state index contributed by atoms with van der Waals surface area (Å²) in [5.74, 6) is -0.132. The van der Waals surface area contributed by atoms with E-state index in [-0.39, 0.29) is 31.6 Å². The molecule has 3 radical (unpaired) electrons. The molecule has 1 N–H and O–H groups in total. The molecule has 0 aromatic carbocycles. The van der Waals surface area contributed by atoms with Gasteiger partial charge in [-0.25, -0.2) is 0 Å². The standard InChI is InChI=1S/C3H8O3S.In/c1-2-3-7(4,5)6;/h2-3H2,1H3,(H,4,5,6);. The maximum absolute atomic E-state index is 9.79. The van der Waals surface area contributed by atoms with Gasteiger partial charge in [-0.2, -0.15) is 8.42 Å². The molecule has 0 spiro atoms. The third-order valence-electron chi connectivity index (χ3n) is 0.462. The van der Waals surface area contributed by atoms with Crippen LogP contribution in [0, 0.1) is 0 Å². The molecule has 0 heterocycles. The van der Waals surface area contributed by atoms with Crippen LogP contribution >= 0.6 is 0 Å². The fourth-order valence-corrected chi connectivity index (χ4v) is 0.774. The van der Waals surface area contributed by atoms with Crippen molar-refractivity contribution in [3.05, 3.63) is 0 Å². The first-order valence-corrected chi connectivity index (χ1v) is 3.62. The van der Waals surface area contributed by atoms with Crippen molar-refractivity contribution in [1.29, 1.82) is 0 Å². The summed E-state index contributed by atoms with van der Waals surface area (Å²) in [7, 11) is -3.67. The second-order valence-electron chi connectivity index (χ2n) is 1.29. The van der Waals surface area contributed by atoms with Gasteiger partial charge in [-0.3, -0.25) is 4.55 Å². The van der Waals surface area contributed by atoms with Crippen molar-refractivity contribution in [3.8, 4) is 0 Å². The molecule has 0 unspecified atom stereocenters. The van der Waals surface area contributed by atoms with Crippen LogP contribution in [0.15, 0.2) is 0 Å². The monoisotopic (exact) mass is 239 g/mol. The molecule has 8 heavy (non-hydrogen) atoms. The third kappa shape index (κ3) is 9.91. The van der Waals surface area contributed by atoms with Crippen LogP contribution in [0.3, 0.4) is 0 Å². The van der Waals surface area contributed by atoms with Crippen molar-refractivity contribution in [2.75, 3.05) is 5.75 Å². The molecule has 0 bridgehead atoms. The molecule has 0 aromatic heterocycles. The summed E-state index contributed by atoms with van der Waals surface area (Å²) in [6, 6.07) is 0. The van der Waals surface area contributed by atoms with Crippen LogP contribution in [-0.2, 0) is 10.1 Å². The zero-order valence-electron chi connectivity index (χ0n) is 4.66. The summed E-state index contributed by atoms with van der Waals surface area (Å²) in [4.78, 5) is 0. The fourth-order valence-electron chi connectivity index (χ4n) is 0.258. The SMILES string of the molecule is CCCS(=O)(=O)O.[In]. The minimum absolute atomic E-state index is 0. The second-order valence-corrected chi connectivity index (χ2v) is 2.86. The number of hydrogen-bond donors (Lipinski definition) is 1. The Morgan fingerprint density at radius 1 is 1.50 bits per heavy atom. The molecule has 0 aromatic rings. The minimum atomic E-state index is -3.67. The van der Waals surface area contributed by atoms with Crippen LogP contribution in [-0.4, -0.2) is 44.6 Å². The average Bonchev–Trinajstić information content (AvgIpc) is 1.30. The van der Waals surface area contributed by atoms with E-state index < -0.39 is 10.1 Å². The van der Waals surface area contributed by atoms with Crippen molar-refractivity contribution in [2.45, 2.75) is 13.3 Å². The Morgan fingerprint density at radius 2 is 1.88 bits per heavy atom. The van der Waals surface area contributed by atoms with Gasteiger partial charge in [0, 0.05) is 25.8 Å². The van der Waals surface area contributed by atoms with Crippen molar-refractivity contribution in [2.24, 2.45) is 0 Å². The first-order chi connectivity index (χ1) is 3.06. The van der Waals surface area contributed by atoms with E-state index in [9.17, 15) is 8.42 Å². The van der Waals surface area contributed by atoms with Crippen LogP contribution in [0.2, 0.25) is 0 Å². The Balaban J connectivity index is 0. The van der Waals surface area contributed by atoms with E-state index in [2.05, 4.69) is 0 Å². The van der Waals surface area contributed by atoms with Gasteiger partial charge in [0.2, 0.25) is 0 Å². The number of rotatable bonds is 2. The molecule has 0 aliphatic carbocycles. The van der Waals surface area contributed by atoms with Crippen molar-refractivity contribution < 1.29 is 13.0 Å². The van der Waals surface area contributed by atoms with Gasteiger partial charge in [0.05, 0.1) is 5.75 Å². The molecule has 3 nitrogen and oxygen atoms in total. The molecule has 0 atom stereocenters. The molecule has 5 heteroatoms.